The lowest BCUT2D eigenvalue weighted by Gasteiger charge is -2.11. The molecule has 0 radical (unpaired) electrons. The van der Waals surface area contributed by atoms with Crippen LogP contribution in [0.2, 0.25) is 0 Å². The van der Waals surface area contributed by atoms with E-state index >= 15 is 0 Å². The number of allylic oxidation sites excluding steroid dienone is 1. The average Bonchev–Trinajstić information content (AvgIpc) is 2.15. The van der Waals surface area contributed by atoms with Crippen LogP contribution in [-0.2, 0) is 0 Å². The third-order valence-electron chi connectivity index (χ3n) is 2.27. The van der Waals surface area contributed by atoms with Gasteiger partial charge in [-0.05, 0) is 17.0 Å². The zero-order chi connectivity index (χ0) is 11.6. The SMILES string of the molecule is C=C(c1ccc(C(C)C)cc1)C(F)(F)F. The summed E-state index contributed by atoms with van der Waals surface area (Å²) in [5.41, 5.74) is 0.360. The molecule has 0 aliphatic heterocycles. The molecule has 0 amide bonds. The molecular formula is C12H13F3. The summed E-state index contributed by atoms with van der Waals surface area (Å²) in [4.78, 5) is 0. The van der Waals surface area contributed by atoms with Crippen LogP contribution >= 0.6 is 0 Å². The lowest BCUT2D eigenvalue weighted by Crippen LogP contribution is -2.09. The molecule has 0 aliphatic rings. The van der Waals surface area contributed by atoms with Gasteiger partial charge in [-0.15, -0.1) is 0 Å². The van der Waals surface area contributed by atoms with Crippen LogP contribution in [0.15, 0.2) is 30.8 Å². The van der Waals surface area contributed by atoms with E-state index in [1.165, 1.54) is 12.1 Å². The second-order valence-electron chi connectivity index (χ2n) is 3.75. The smallest absolute Gasteiger partial charge is 0.166 e. The fourth-order valence-corrected chi connectivity index (χ4v) is 1.23. The summed E-state index contributed by atoms with van der Waals surface area (Å²) >= 11 is 0. The molecule has 1 aromatic rings. The van der Waals surface area contributed by atoms with Crippen molar-refractivity contribution in [1.82, 2.24) is 0 Å². The van der Waals surface area contributed by atoms with Gasteiger partial charge in [-0.3, -0.25) is 0 Å². The summed E-state index contributed by atoms with van der Waals surface area (Å²) in [5, 5.41) is 0. The first kappa shape index (κ1) is 11.8. The van der Waals surface area contributed by atoms with Crippen LogP contribution in [0.1, 0.15) is 30.9 Å². The van der Waals surface area contributed by atoms with Crippen molar-refractivity contribution in [2.45, 2.75) is 25.9 Å². The van der Waals surface area contributed by atoms with Gasteiger partial charge in [0.1, 0.15) is 0 Å². The highest BCUT2D eigenvalue weighted by Gasteiger charge is 2.32. The van der Waals surface area contributed by atoms with Crippen molar-refractivity contribution in [3.05, 3.63) is 42.0 Å². The maximum atomic E-state index is 12.3. The molecule has 0 nitrogen and oxygen atoms in total. The first-order valence-corrected chi connectivity index (χ1v) is 4.69. The van der Waals surface area contributed by atoms with Gasteiger partial charge in [-0.25, -0.2) is 0 Å². The predicted molar refractivity (Wildman–Crippen MR) is 55.6 cm³/mol. The molecule has 0 spiro atoms. The number of alkyl halides is 3. The van der Waals surface area contributed by atoms with Crippen molar-refractivity contribution >= 4 is 5.57 Å². The molecule has 1 aromatic carbocycles. The molecule has 1 rings (SSSR count). The number of hydrogen-bond acceptors (Lipinski definition) is 0. The van der Waals surface area contributed by atoms with E-state index in [1.807, 2.05) is 13.8 Å². The quantitative estimate of drug-likeness (QED) is 0.685. The molecule has 0 saturated carbocycles. The van der Waals surface area contributed by atoms with Gasteiger partial charge < -0.3 is 0 Å². The summed E-state index contributed by atoms with van der Waals surface area (Å²) in [6.45, 7) is 7.03. The maximum absolute atomic E-state index is 12.3. The van der Waals surface area contributed by atoms with E-state index in [0.717, 1.165) is 5.56 Å². The summed E-state index contributed by atoms with van der Waals surface area (Å²) in [6, 6.07) is 6.34. The van der Waals surface area contributed by atoms with Crippen molar-refractivity contribution in [2.24, 2.45) is 0 Å². The van der Waals surface area contributed by atoms with E-state index in [2.05, 4.69) is 6.58 Å². The minimum absolute atomic E-state index is 0.131. The molecule has 0 aliphatic carbocycles. The Morgan fingerprint density at radius 2 is 1.60 bits per heavy atom. The number of hydrogen-bond donors (Lipinski definition) is 0. The van der Waals surface area contributed by atoms with Crippen LogP contribution in [0.25, 0.3) is 5.57 Å². The molecule has 0 unspecified atom stereocenters. The third kappa shape index (κ3) is 2.85. The van der Waals surface area contributed by atoms with Gasteiger partial charge in [-0.2, -0.15) is 13.2 Å². The Balaban J connectivity index is 2.95. The minimum Gasteiger partial charge on any atom is -0.166 e. The zero-order valence-corrected chi connectivity index (χ0v) is 8.73. The highest BCUT2D eigenvalue weighted by atomic mass is 19.4. The molecule has 3 heteroatoms. The van der Waals surface area contributed by atoms with Crippen molar-refractivity contribution in [3.63, 3.8) is 0 Å². The van der Waals surface area contributed by atoms with Crippen molar-refractivity contribution in [1.29, 1.82) is 0 Å². The Morgan fingerprint density at radius 1 is 1.13 bits per heavy atom. The normalized spacial score (nSPS) is 11.9. The van der Waals surface area contributed by atoms with Crippen LogP contribution in [0.3, 0.4) is 0 Å². The lowest BCUT2D eigenvalue weighted by molar-refractivity contribution is -0.0686. The van der Waals surface area contributed by atoms with Crippen LogP contribution in [0.5, 0.6) is 0 Å². The Labute approximate surface area is 87.4 Å². The molecule has 0 N–H and O–H groups in total. The number of halogens is 3. The molecule has 0 saturated heterocycles. The van der Waals surface area contributed by atoms with Gasteiger partial charge in [0.05, 0.1) is 5.57 Å². The van der Waals surface area contributed by atoms with Gasteiger partial charge in [-0.1, -0.05) is 44.7 Å². The summed E-state index contributed by atoms with van der Waals surface area (Å²) < 4.78 is 36.9. The second-order valence-corrected chi connectivity index (χ2v) is 3.75. The number of benzene rings is 1. The van der Waals surface area contributed by atoms with Gasteiger partial charge in [0.2, 0.25) is 0 Å². The Morgan fingerprint density at radius 3 is 1.93 bits per heavy atom. The van der Waals surface area contributed by atoms with Crippen LogP contribution < -0.4 is 0 Å². The molecule has 0 bridgehead atoms. The second kappa shape index (κ2) is 4.09. The molecule has 0 fully saturated rings. The van der Waals surface area contributed by atoms with Crippen molar-refractivity contribution in [2.75, 3.05) is 0 Å². The molecular weight excluding hydrogens is 201 g/mol. The largest absolute Gasteiger partial charge is 0.416 e. The fraction of sp³-hybridized carbons (Fsp3) is 0.333. The topological polar surface area (TPSA) is 0 Å². The third-order valence-corrected chi connectivity index (χ3v) is 2.27. The summed E-state index contributed by atoms with van der Waals surface area (Å²) in [5.74, 6) is 0.318. The molecule has 0 heterocycles. The highest BCUT2D eigenvalue weighted by Crippen LogP contribution is 2.32. The number of rotatable bonds is 2. The van der Waals surface area contributed by atoms with E-state index < -0.39 is 11.7 Å². The first-order chi connectivity index (χ1) is 6.82. The molecule has 0 atom stereocenters. The average molecular weight is 214 g/mol. The van der Waals surface area contributed by atoms with E-state index in [-0.39, 0.29) is 5.56 Å². The zero-order valence-electron chi connectivity index (χ0n) is 8.73. The van der Waals surface area contributed by atoms with Crippen molar-refractivity contribution in [3.8, 4) is 0 Å². The molecule has 0 aromatic heterocycles. The monoisotopic (exact) mass is 214 g/mol. The molecule has 82 valence electrons. The van der Waals surface area contributed by atoms with Crippen LogP contribution in [0.4, 0.5) is 13.2 Å². The fourth-order valence-electron chi connectivity index (χ4n) is 1.23. The Hall–Kier alpha value is -1.25. The van der Waals surface area contributed by atoms with Gasteiger partial charge >= 0.3 is 6.18 Å². The maximum Gasteiger partial charge on any atom is 0.416 e. The Kier molecular flexibility index (Phi) is 3.22. The van der Waals surface area contributed by atoms with E-state index in [1.54, 1.807) is 12.1 Å². The lowest BCUT2D eigenvalue weighted by atomic mass is 9.99. The standard InChI is InChI=1S/C12H13F3/c1-8(2)10-4-6-11(7-5-10)9(3)12(13,14)15/h4-8H,3H2,1-2H3. The van der Waals surface area contributed by atoms with Crippen LogP contribution in [-0.4, -0.2) is 6.18 Å². The van der Waals surface area contributed by atoms with Gasteiger partial charge in [0.15, 0.2) is 0 Å². The van der Waals surface area contributed by atoms with E-state index in [4.69, 9.17) is 0 Å². The first-order valence-electron chi connectivity index (χ1n) is 4.69. The van der Waals surface area contributed by atoms with Gasteiger partial charge in [0, 0.05) is 0 Å². The van der Waals surface area contributed by atoms with E-state index in [0.29, 0.717) is 5.92 Å². The van der Waals surface area contributed by atoms with Crippen LogP contribution in [0, 0.1) is 0 Å². The Bertz CT molecular complexity index is 344. The molecule has 15 heavy (non-hydrogen) atoms. The van der Waals surface area contributed by atoms with E-state index in [9.17, 15) is 13.2 Å². The summed E-state index contributed by atoms with van der Waals surface area (Å²) in [7, 11) is 0. The highest BCUT2D eigenvalue weighted by molar-refractivity contribution is 5.67. The minimum atomic E-state index is -4.35. The summed E-state index contributed by atoms with van der Waals surface area (Å²) in [6.07, 6.45) is -4.35. The van der Waals surface area contributed by atoms with Gasteiger partial charge in [0.25, 0.3) is 0 Å². The predicted octanol–water partition coefficient (Wildman–Crippen LogP) is 4.39. The van der Waals surface area contributed by atoms with Crippen molar-refractivity contribution < 1.29 is 13.2 Å².